The SMILES string of the molecule is CCNC(=O)[C@H](C)OC(=O)c1ccc(SCCC(C)C)c([N+](=O)[O-])c1. The maximum Gasteiger partial charge on any atom is 0.339 e. The molecule has 0 aliphatic rings. The fourth-order valence-corrected chi connectivity index (χ4v) is 3.17. The van der Waals surface area contributed by atoms with E-state index >= 15 is 0 Å². The quantitative estimate of drug-likeness (QED) is 0.310. The van der Waals surface area contributed by atoms with Crippen molar-refractivity contribution in [3.05, 3.63) is 33.9 Å². The summed E-state index contributed by atoms with van der Waals surface area (Å²) in [6.45, 7) is 7.81. The molecule has 0 fully saturated rings. The zero-order chi connectivity index (χ0) is 19.0. The van der Waals surface area contributed by atoms with E-state index in [1.807, 2.05) is 0 Å². The number of hydrogen-bond donors (Lipinski definition) is 1. The number of nitro benzene ring substituents is 1. The van der Waals surface area contributed by atoms with Gasteiger partial charge < -0.3 is 10.1 Å². The van der Waals surface area contributed by atoms with Crippen LogP contribution >= 0.6 is 11.8 Å². The number of thioether (sulfide) groups is 1. The van der Waals surface area contributed by atoms with E-state index in [1.165, 1.54) is 30.8 Å². The molecule has 0 heterocycles. The summed E-state index contributed by atoms with van der Waals surface area (Å²) < 4.78 is 5.06. The highest BCUT2D eigenvalue weighted by Gasteiger charge is 2.22. The Bertz CT molecular complexity index is 633. The predicted molar refractivity (Wildman–Crippen MR) is 96.8 cm³/mol. The van der Waals surface area contributed by atoms with Crippen LogP contribution in [0.1, 0.15) is 44.5 Å². The second-order valence-corrected chi connectivity index (χ2v) is 7.05. The van der Waals surface area contributed by atoms with Crippen LogP contribution in [0, 0.1) is 16.0 Å². The summed E-state index contributed by atoms with van der Waals surface area (Å²) in [6, 6.07) is 4.23. The van der Waals surface area contributed by atoms with Gasteiger partial charge in [-0.2, -0.15) is 0 Å². The molecule has 0 saturated carbocycles. The molecule has 0 unspecified atom stereocenters. The number of nitro groups is 1. The number of nitrogens with one attached hydrogen (secondary N) is 1. The molecule has 8 heteroatoms. The first-order valence-corrected chi connectivity index (χ1v) is 9.14. The summed E-state index contributed by atoms with van der Waals surface area (Å²) >= 11 is 1.39. The lowest BCUT2D eigenvalue weighted by atomic mass is 10.2. The minimum Gasteiger partial charge on any atom is -0.449 e. The number of amides is 1. The van der Waals surface area contributed by atoms with Crippen LogP contribution in [0.25, 0.3) is 0 Å². The van der Waals surface area contributed by atoms with Crippen molar-refractivity contribution in [1.82, 2.24) is 5.32 Å². The van der Waals surface area contributed by atoms with Gasteiger partial charge in [-0.25, -0.2) is 4.79 Å². The highest BCUT2D eigenvalue weighted by molar-refractivity contribution is 7.99. The lowest BCUT2D eigenvalue weighted by molar-refractivity contribution is -0.387. The van der Waals surface area contributed by atoms with Crippen molar-refractivity contribution in [2.75, 3.05) is 12.3 Å². The molecule has 1 aromatic rings. The number of likely N-dealkylation sites (N-methyl/N-ethyl adjacent to an activating group) is 1. The fourth-order valence-electron chi connectivity index (χ4n) is 1.91. The van der Waals surface area contributed by atoms with Crippen LogP contribution in [0.4, 0.5) is 5.69 Å². The number of ether oxygens (including phenoxy) is 1. The molecule has 0 bridgehead atoms. The smallest absolute Gasteiger partial charge is 0.339 e. The highest BCUT2D eigenvalue weighted by atomic mass is 32.2. The molecule has 0 saturated heterocycles. The molecule has 0 radical (unpaired) electrons. The van der Waals surface area contributed by atoms with Gasteiger partial charge in [0.1, 0.15) is 0 Å². The molecule has 0 aliphatic heterocycles. The van der Waals surface area contributed by atoms with Crippen LogP contribution in [0.2, 0.25) is 0 Å². The van der Waals surface area contributed by atoms with E-state index < -0.39 is 22.9 Å². The van der Waals surface area contributed by atoms with Crippen molar-refractivity contribution < 1.29 is 19.2 Å². The van der Waals surface area contributed by atoms with Crippen LogP contribution in [0.5, 0.6) is 0 Å². The first kappa shape index (κ1) is 21.0. The second kappa shape index (κ2) is 10.0. The van der Waals surface area contributed by atoms with E-state index in [0.717, 1.165) is 12.2 Å². The van der Waals surface area contributed by atoms with Gasteiger partial charge in [0.2, 0.25) is 0 Å². The number of carbonyl (C=O) groups excluding carboxylic acids is 2. The Kier molecular flexibility index (Phi) is 8.40. The van der Waals surface area contributed by atoms with Crippen molar-refractivity contribution in [2.45, 2.75) is 45.1 Å². The van der Waals surface area contributed by atoms with E-state index in [-0.39, 0.29) is 11.3 Å². The number of benzene rings is 1. The third-order valence-electron chi connectivity index (χ3n) is 3.35. The molecule has 25 heavy (non-hydrogen) atoms. The van der Waals surface area contributed by atoms with E-state index in [0.29, 0.717) is 17.4 Å². The molecule has 0 spiro atoms. The van der Waals surface area contributed by atoms with Crippen LogP contribution in [-0.4, -0.2) is 35.2 Å². The summed E-state index contributed by atoms with van der Waals surface area (Å²) in [5, 5.41) is 13.8. The average molecular weight is 368 g/mol. The van der Waals surface area contributed by atoms with Crippen molar-refractivity contribution in [1.29, 1.82) is 0 Å². The molecular formula is C17H24N2O5S. The van der Waals surface area contributed by atoms with Gasteiger partial charge in [0.05, 0.1) is 15.4 Å². The van der Waals surface area contributed by atoms with Crippen molar-refractivity contribution in [3.8, 4) is 0 Å². The summed E-state index contributed by atoms with van der Waals surface area (Å²) in [5.41, 5.74) is -0.0788. The molecule has 0 aromatic heterocycles. The molecule has 7 nitrogen and oxygen atoms in total. The van der Waals surface area contributed by atoms with E-state index in [4.69, 9.17) is 4.74 Å². The Balaban J connectivity index is 2.87. The normalized spacial score (nSPS) is 11.9. The van der Waals surface area contributed by atoms with Crippen molar-refractivity contribution in [2.24, 2.45) is 5.92 Å². The molecule has 0 aliphatic carbocycles. The van der Waals surface area contributed by atoms with Gasteiger partial charge in [0.15, 0.2) is 6.10 Å². The minimum absolute atomic E-state index is 0.0519. The Hall–Kier alpha value is -2.09. The van der Waals surface area contributed by atoms with Gasteiger partial charge in [-0.05, 0) is 44.1 Å². The van der Waals surface area contributed by atoms with Crippen LogP contribution in [0.15, 0.2) is 23.1 Å². The lowest BCUT2D eigenvalue weighted by Gasteiger charge is -2.13. The number of hydrogen-bond acceptors (Lipinski definition) is 6. The fraction of sp³-hybridized carbons (Fsp3) is 0.529. The average Bonchev–Trinajstić information content (AvgIpc) is 2.54. The second-order valence-electron chi connectivity index (χ2n) is 5.91. The summed E-state index contributed by atoms with van der Waals surface area (Å²) in [5.74, 6) is 0.0969. The summed E-state index contributed by atoms with van der Waals surface area (Å²) in [6.07, 6.45) is -0.0260. The van der Waals surface area contributed by atoms with Gasteiger partial charge in [0, 0.05) is 12.6 Å². The molecule has 1 aromatic carbocycles. The van der Waals surface area contributed by atoms with Crippen LogP contribution in [-0.2, 0) is 9.53 Å². The number of carbonyl (C=O) groups is 2. The Morgan fingerprint density at radius 3 is 2.56 bits per heavy atom. The Labute approximate surface area is 151 Å². The van der Waals surface area contributed by atoms with Gasteiger partial charge in [-0.15, -0.1) is 11.8 Å². The van der Waals surface area contributed by atoms with Crippen molar-refractivity contribution in [3.63, 3.8) is 0 Å². The first-order valence-electron chi connectivity index (χ1n) is 8.16. The molecular weight excluding hydrogens is 344 g/mol. The zero-order valence-corrected chi connectivity index (χ0v) is 15.7. The predicted octanol–water partition coefficient (Wildman–Crippen LogP) is 3.41. The molecule has 1 atom stereocenters. The molecule has 1 amide bonds. The molecule has 1 N–H and O–H groups in total. The Morgan fingerprint density at radius 2 is 2.00 bits per heavy atom. The zero-order valence-electron chi connectivity index (χ0n) is 14.9. The van der Waals surface area contributed by atoms with Gasteiger partial charge in [-0.1, -0.05) is 13.8 Å². The third-order valence-corrected chi connectivity index (χ3v) is 4.44. The monoisotopic (exact) mass is 368 g/mol. The number of nitrogens with zero attached hydrogens (tertiary/aromatic N) is 1. The van der Waals surface area contributed by atoms with Crippen molar-refractivity contribution >= 4 is 29.3 Å². The standard InChI is InChI=1S/C17H24N2O5S/c1-5-18-16(20)12(4)24-17(21)13-6-7-15(14(10-13)19(22)23)25-9-8-11(2)3/h6-7,10-12H,5,8-9H2,1-4H3,(H,18,20)/t12-/m0/s1. The van der Waals surface area contributed by atoms with Gasteiger partial charge >= 0.3 is 5.97 Å². The largest absolute Gasteiger partial charge is 0.449 e. The summed E-state index contributed by atoms with van der Waals surface area (Å²) in [7, 11) is 0. The number of rotatable bonds is 9. The maximum absolute atomic E-state index is 12.1. The number of esters is 1. The van der Waals surface area contributed by atoms with Crippen LogP contribution in [0.3, 0.4) is 0 Å². The lowest BCUT2D eigenvalue weighted by Crippen LogP contribution is -2.35. The summed E-state index contributed by atoms with van der Waals surface area (Å²) in [4.78, 5) is 35.0. The molecule has 138 valence electrons. The third kappa shape index (κ3) is 6.74. The minimum atomic E-state index is -0.966. The Morgan fingerprint density at radius 1 is 1.32 bits per heavy atom. The molecule has 1 rings (SSSR count). The van der Waals surface area contributed by atoms with Crippen LogP contribution < -0.4 is 5.32 Å². The van der Waals surface area contributed by atoms with E-state index in [9.17, 15) is 19.7 Å². The maximum atomic E-state index is 12.1. The van der Waals surface area contributed by atoms with Gasteiger partial charge in [-0.3, -0.25) is 14.9 Å². The first-order chi connectivity index (χ1) is 11.8. The van der Waals surface area contributed by atoms with Gasteiger partial charge in [0.25, 0.3) is 11.6 Å². The van der Waals surface area contributed by atoms with E-state index in [1.54, 1.807) is 13.0 Å². The highest BCUT2D eigenvalue weighted by Crippen LogP contribution is 2.31. The van der Waals surface area contributed by atoms with E-state index in [2.05, 4.69) is 19.2 Å². The topological polar surface area (TPSA) is 98.5 Å².